The van der Waals surface area contributed by atoms with E-state index in [2.05, 4.69) is 19.9 Å². The molecule has 0 bridgehead atoms. The minimum absolute atomic E-state index is 0.0841. The van der Waals surface area contributed by atoms with Crippen LogP contribution in [0, 0.1) is 5.41 Å². The second kappa shape index (κ2) is 9.85. The van der Waals surface area contributed by atoms with Crippen LogP contribution in [0.15, 0.2) is 6.33 Å². The number of rotatable bonds is 7. The summed E-state index contributed by atoms with van der Waals surface area (Å²) in [6.07, 6.45) is 5.89. The van der Waals surface area contributed by atoms with E-state index in [1.54, 1.807) is 4.57 Å². The molecule has 3 aliphatic rings. The number of hydrogen-bond acceptors (Lipinski definition) is 8. The van der Waals surface area contributed by atoms with Crippen LogP contribution in [0.5, 0.6) is 0 Å². The Kier molecular flexibility index (Phi) is 7.13. The van der Waals surface area contributed by atoms with Gasteiger partial charge in [-0.3, -0.25) is 9.13 Å². The smallest absolute Gasteiger partial charge is 0.325 e. The fourth-order valence-corrected chi connectivity index (χ4v) is 6.76. The maximum atomic E-state index is 11.1. The largest absolute Gasteiger partial charge is 0.388 e. The van der Waals surface area contributed by atoms with Crippen molar-refractivity contribution in [2.24, 2.45) is 5.41 Å². The Bertz CT molecular complexity index is 1110. The van der Waals surface area contributed by atoms with Gasteiger partial charge in [-0.15, -0.1) is 0 Å². The molecule has 4 N–H and O–H groups in total. The van der Waals surface area contributed by atoms with Gasteiger partial charge in [-0.25, -0.2) is 4.98 Å². The van der Waals surface area contributed by atoms with Gasteiger partial charge >= 0.3 is 7.60 Å². The zero-order chi connectivity index (χ0) is 24.8. The van der Waals surface area contributed by atoms with Crippen molar-refractivity contribution < 1.29 is 29.3 Å². The van der Waals surface area contributed by atoms with Crippen molar-refractivity contribution in [1.82, 2.24) is 19.5 Å². The Morgan fingerprint density at radius 1 is 1.11 bits per heavy atom. The lowest BCUT2D eigenvalue weighted by atomic mass is 9.73. The standard InChI is InChI=1S/C22H33ClN5O6P/c23-21-25-18(27-10-9-22(12-27)7-3-1-4-8-22)15-19(26-21)28(13-24-15)20-17(30)16(29)14(34-20)6-2-5-11-35(31,32)33/h13-14,16-17,20,29-30H,1-12H2,(H2,31,32,33). The Hall–Kier alpha value is -1.33. The first-order valence-corrected chi connectivity index (χ1v) is 14.5. The van der Waals surface area contributed by atoms with Gasteiger partial charge in [0.15, 0.2) is 23.2 Å². The molecule has 2 aromatic rings. The van der Waals surface area contributed by atoms with Crippen LogP contribution < -0.4 is 4.90 Å². The first kappa shape index (κ1) is 25.3. The number of halogens is 1. The van der Waals surface area contributed by atoms with E-state index in [4.69, 9.17) is 26.1 Å². The molecule has 4 unspecified atom stereocenters. The van der Waals surface area contributed by atoms with E-state index in [0.717, 1.165) is 19.5 Å². The maximum absolute atomic E-state index is 11.1. The Morgan fingerprint density at radius 3 is 2.63 bits per heavy atom. The van der Waals surface area contributed by atoms with Gasteiger partial charge in [0.05, 0.1) is 12.4 Å². The summed E-state index contributed by atoms with van der Waals surface area (Å²) in [7, 11) is -4.06. The summed E-state index contributed by atoms with van der Waals surface area (Å²) in [5.74, 6) is 0.684. The number of aromatic nitrogens is 4. The van der Waals surface area contributed by atoms with Gasteiger partial charge in [0.1, 0.15) is 12.2 Å². The molecule has 3 fully saturated rings. The molecular formula is C22H33ClN5O6P. The SMILES string of the molecule is O=P(O)(O)CCCCC1OC(n2cnc3c(N4CCC5(CCCCC5)C4)nc(Cl)nc32)C(O)C1O. The highest BCUT2D eigenvalue weighted by molar-refractivity contribution is 7.51. The molecule has 4 atom stereocenters. The van der Waals surface area contributed by atoms with Gasteiger partial charge in [-0.1, -0.05) is 25.7 Å². The number of aliphatic hydroxyl groups excluding tert-OH is 2. The number of aliphatic hydroxyl groups is 2. The molecular weight excluding hydrogens is 497 g/mol. The number of unbranched alkanes of at least 4 members (excludes halogenated alkanes) is 1. The van der Waals surface area contributed by atoms with Gasteiger partial charge in [-0.05, 0) is 49.1 Å². The summed E-state index contributed by atoms with van der Waals surface area (Å²) in [6, 6.07) is 0. The van der Waals surface area contributed by atoms with Gasteiger partial charge in [0, 0.05) is 19.3 Å². The van der Waals surface area contributed by atoms with Gasteiger partial charge in [0.2, 0.25) is 5.28 Å². The number of hydrogen-bond donors (Lipinski definition) is 4. The summed E-state index contributed by atoms with van der Waals surface area (Å²) >= 11 is 6.32. The second-order valence-corrected chi connectivity index (χ2v) is 12.4. The number of fused-ring (bicyclic) bond motifs is 1. The van der Waals surface area contributed by atoms with Crippen molar-refractivity contribution in [3.63, 3.8) is 0 Å². The number of imidazole rings is 1. The third kappa shape index (κ3) is 5.23. The molecule has 2 aliphatic heterocycles. The molecule has 1 spiro atoms. The van der Waals surface area contributed by atoms with E-state index in [-0.39, 0.29) is 11.4 Å². The van der Waals surface area contributed by atoms with Crippen LogP contribution in [-0.2, 0) is 9.30 Å². The molecule has 2 aromatic heterocycles. The normalized spacial score (nSPS) is 29.0. The van der Waals surface area contributed by atoms with E-state index in [9.17, 15) is 14.8 Å². The molecule has 1 aliphatic carbocycles. The second-order valence-electron chi connectivity index (χ2n) is 10.3. The van der Waals surface area contributed by atoms with Crippen LogP contribution in [0.3, 0.4) is 0 Å². The van der Waals surface area contributed by atoms with Crippen LogP contribution in [0.4, 0.5) is 5.82 Å². The molecule has 0 aromatic carbocycles. The molecule has 2 saturated heterocycles. The molecule has 194 valence electrons. The van der Waals surface area contributed by atoms with E-state index in [1.165, 1.54) is 38.4 Å². The van der Waals surface area contributed by atoms with E-state index < -0.39 is 32.1 Å². The Labute approximate surface area is 208 Å². The average molecular weight is 530 g/mol. The molecule has 4 heterocycles. The zero-order valence-corrected chi connectivity index (χ0v) is 21.2. The van der Waals surface area contributed by atoms with E-state index in [1.807, 2.05) is 0 Å². The zero-order valence-electron chi connectivity index (χ0n) is 19.5. The fourth-order valence-electron chi connectivity index (χ4n) is 5.97. The first-order chi connectivity index (χ1) is 16.7. The first-order valence-electron chi connectivity index (χ1n) is 12.4. The van der Waals surface area contributed by atoms with Gasteiger partial charge in [0.25, 0.3) is 0 Å². The number of anilines is 1. The maximum Gasteiger partial charge on any atom is 0.325 e. The number of nitrogens with zero attached hydrogens (tertiary/aromatic N) is 5. The molecule has 35 heavy (non-hydrogen) atoms. The van der Waals surface area contributed by atoms with Crippen molar-refractivity contribution in [3.8, 4) is 0 Å². The molecule has 0 amide bonds. The Morgan fingerprint density at radius 2 is 1.89 bits per heavy atom. The minimum Gasteiger partial charge on any atom is -0.388 e. The number of ether oxygens (including phenoxy) is 1. The highest BCUT2D eigenvalue weighted by Gasteiger charge is 2.44. The summed E-state index contributed by atoms with van der Waals surface area (Å²) in [5.41, 5.74) is 1.34. The van der Waals surface area contributed by atoms with Gasteiger partial charge < -0.3 is 29.6 Å². The summed E-state index contributed by atoms with van der Waals surface area (Å²) in [6.45, 7) is 1.80. The van der Waals surface area contributed by atoms with Crippen molar-refractivity contribution in [2.75, 3.05) is 24.2 Å². The van der Waals surface area contributed by atoms with Crippen LogP contribution >= 0.6 is 19.2 Å². The quantitative estimate of drug-likeness (QED) is 0.239. The monoisotopic (exact) mass is 529 g/mol. The Balaban J connectivity index is 1.34. The predicted molar refractivity (Wildman–Crippen MR) is 129 cm³/mol. The van der Waals surface area contributed by atoms with Crippen LogP contribution in [-0.4, -0.2) is 77.1 Å². The third-order valence-electron chi connectivity index (χ3n) is 7.83. The summed E-state index contributed by atoms with van der Waals surface area (Å²) in [4.78, 5) is 33.7. The molecule has 5 rings (SSSR count). The highest BCUT2D eigenvalue weighted by atomic mass is 35.5. The lowest BCUT2D eigenvalue weighted by molar-refractivity contribution is -0.0373. The summed E-state index contributed by atoms with van der Waals surface area (Å²) in [5, 5.41) is 21.4. The van der Waals surface area contributed by atoms with Crippen molar-refractivity contribution >= 4 is 36.2 Å². The van der Waals surface area contributed by atoms with Crippen LogP contribution in [0.1, 0.15) is 64.0 Å². The van der Waals surface area contributed by atoms with Crippen molar-refractivity contribution in [3.05, 3.63) is 11.6 Å². The summed E-state index contributed by atoms with van der Waals surface area (Å²) < 4.78 is 18.6. The lowest BCUT2D eigenvalue weighted by Gasteiger charge is -2.33. The van der Waals surface area contributed by atoms with Crippen LogP contribution in [0.2, 0.25) is 5.28 Å². The molecule has 11 nitrogen and oxygen atoms in total. The van der Waals surface area contributed by atoms with Gasteiger partial charge in [-0.2, -0.15) is 9.97 Å². The topological polar surface area (TPSA) is 154 Å². The predicted octanol–water partition coefficient (Wildman–Crippen LogP) is 2.61. The molecule has 1 saturated carbocycles. The van der Waals surface area contributed by atoms with E-state index >= 15 is 0 Å². The minimum atomic E-state index is -4.06. The molecule has 13 heteroatoms. The van der Waals surface area contributed by atoms with Crippen LogP contribution in [0.25, 0.3) is 11.2 Å². The third-order valence-corrected chi connectivity index (χ3v) is 8.90. The van der Waals surface area contributed by atoms with E-state index in [0.29, 0.717) is 41.7 Å². The fraction of sp³-hybridized carbons (Fsp3) is 0.773. The van der Waals surface area contributed by atoms with Crippen molar-refractivity contribution in [2.45, 2.75) is 82.3 Å². The average Bonchev–Trinajstić information content (AvgIpc) is 3.48. The lowest BCUT2D eigenvalue weighted by Crippen LogP contribution is -2.31. The van der Waals surface area contributed by atoms with Crippen molar-refractivity contribution in [1.29, 1.82) is 0 Å². The highest BCUT2D eigenvalue weighted by Crippen LogP contribution is 2.45. The molecule has 0 radical (unpaired) electrons.